The highest BCUT2D eigenvalue weighted by atomic mass is 32.2. The van der Waals surface area contributed by atoms with E-state index in [1.54, 1.807) is 24.3 Å². The van der Waals surface area contributed by atoms with Crippen LogP contribution in [0.3, 0.4) is 0 Å². The van der Waals surface area contributed by atoms with Gasteiger partial charge in [-0.05, 0) is 56.0 Å². The zero-order chi connectivity index (χ0) is 23.0. The van der Waals surface area contributed by atoms with Crippen LogP contribution in [0.25, 0.3) is 10.9 Å². The van der Waals surface area contributed by atoms with Gasteiger partial charge in [0, 0.05) is 43.4 Å². The number of pyridine rings is 1. The van der Waals surface area contributed by atoms with E-state index in [4.69, 9.17) is 0 Å². The normalized spacial score (nSPS) is 17.6. The quantitative estimate of drug-likeness (QED) is 0.610. The van der Waals surface area contributed by atoms with Gasteiger partial charge in [-0.2, -0.15) is 0 Å². The molecule has 3 aromatic rings. The number of piperidine rings is 1. The van der Waals surface area contributed by atoms with Crippen LogP contribution in [0.2, 0.25) is 0 Å². The van der Waals surface area contributed by atoms with Crippen molar-refractivity contribution in [3.05, 3.63) is 54.7 Å². The number of carboxylic acid groups (broad SMARTS) is 1. The molecule has 0 atom stereocenters. The summed E-state index contributed by atoms with van der Waals surface area (Å²) >= 11 is 0. The Balaban J connectivity index is 1.45. The number of fused-ring (bicyclic) bond motifs is 1. The Hall–Kier alpha value is -3.13. The molecule has 2 aromatic carbocycles. The molecule has 0 unspecified atom stereocenters. The molecular formula is C25H27N3O4S. The molecule has 1 N–H and O–H groups in total. The fraction of sp³-hybridized carbons (Fsp3) is 0.360. The third-order valence-electron chi connectivity index (χ3n) is 6.76. The van der Waals surface area contributed by atoms with Crippen molar-refractivity contribution in [2.75, 3.05) is 36.0 Å². The summed E-state index contributed by atoms with van der Waals surface area (Å²) in [5.41, 5.74) is 2.58. The predicted molar refractivity (Wildman–Crippen MR) is 128 cm³/mol. The van der Waals surface area contributed by atoms with E-state index >= 15 is 0 Å². The lowest BCUT2D eigenvalue weighted by molar-refractivity contribution is -0.142. The molecule has 7 nitrogen and oxygen atoms in total. The van der Waals surface area contributed by atoms with Crippen molar-refractivity contribution in [3.8, 4) is 0 Å². The largest absolute Gasteiger partial charge is 0.481 e. The number of benzene rings is 2. The van der Waals surface area contributed by atoms with Crippen molar-refractivity contribution in [3.63, 3.8) is 0 Å². The van der Waals surface area contributed by atoms with Crippen LogP contribution in [-0.2, 0) is 14.6 Å². The van der Waals surface area contributed by atoms with E-state index in [-0.39, 0.29) is 15.7 Å². The standard InChI is InChI=1S/C25H27N3O4S/c29-25(30)18-9-13-28(14-10-18)23-8-3-5-19-15-22(17-26-24(19)23)33(31,32)21-7-4-6-20(16-21)27-11-1-2-12-27/h3-8,15-18H,1-2,9-14H2,(H,29,30). The Morgan fingerprint density at radius 2 is 1.64 bits per heavy atom. The second-order valence-corrected chi connectivity index (χ2v) is 10.8. The monoisotopic (exact) mass is 465 g/mol. The van der Waals surface area contributed by atoms with Gasteiger partial charge in [0.15, 0.2) is 0 Å². The fourth-order valence-electron chi connectivity index (χ4n) is 4.85. The highest BCUT2D eigenvalue weighted by Crippen LogP contribution is 2.32. The lowest BCUT2D eigenvalue weighted by Gasteiger charge is -2.32. The predicted octanol–water partition coefficient (Wildman–Crippen LogP) is 3.97. The molecule has 0 aliphatic carbocycles. The summed E-state index contributed by atoms with van der Waals surface area (Å²) in [5.74, 6) is -1.05. The lowest BCUT2D eigenvalue weighted by Crippen LogP contribution is -2.36. The number of para-hydroxylation sites is 1. The van der Waals surface area contributed by atoms with Crippen molar-refractivity contribution >= 4 is 38.1 Å². The van der Waals surface area contributed by atoms with Crippen LogP contribution in [-0.4, -0.2) is 50.7 Å². The molecule has 0 saturated carbocycles. The minimum atomic E-state index is -3.71. The topological polar surface area (TPSA) is 90.8 Å². The summed E-state index contributed by atoms with van der Waals surface area (Å²) in [4.78, 5) is 20.6. The first kappa shape index (κ1) is 21.7. The zero-order valence-electron chi connectivity index (χ0n) is 18.4. The molecule has 172 valence electrons. The molecule has 33 heavy (non-hydrogen) atoms. The van der Waals surface area contributed by atoms with Gasteiger partial charge in [-0.1, -0.05) is 18.2 Å². The highest BCUT2D eigenvalue weighted by Gasteiger charge is 2.26. The molecule has 0 bridgehead atoms. The van der Waals surface area contributed by atoms with Crippen molar-refractivity contribution in [1.29, 1.82) is 0 Å². The van der Waals surface area contributed by atoms with Gasteiger partial charge in [-0.3, -0.25) is 9.78 Å². The molecule has 2 fully saturated rings. The molecule has 8 heteroatoms. The number of sulfone groups is 1. The maximum absolute atomic E-state index is 13.4. The molecular weight excluding hydrogens is 438 g/mol. The minimum absolute atomic E-state index is 0.176. The van der Waals surface area contributed by atoms with E-state index in [0.29, 0.717) is 25.9 Å². The molecule has 0 radical (unpaired) electrons. The van der Waals surface area contributed by atoms with Gasteiger partial charge in [0.2, 0.25) is 9.84 Å². The zero-order valence-corrected chi connectivity index (χ0v) is 19.2. The van der Waals surface area contributed by atoms with Gasteiger partial charge in [0.1, 0.15) is 0 Å². The van der Waals surface area contributed by atoms with Gasteiger partial charge in [0.05, 0.1) is 26.9 Å². The van der Waals surface area contributed by atoms with Crippen LogP contribution in [0.4, 0.5) is 11.4 Å². The van der Waals surface area contributed by atoms with E-state index in [1.165, 1.54) is 6.20 Å². The van der Waals surface area contributed by atoms with Crippen molar-refractivity contribution in [2.24, 2.45) is 5.92 Å². The molecule has 5 rings (SSSR count). The Kier molecular flexibility index (Phi) is 5.70. The number of carbonyl (C=O) groups is 1. The van der Waals surface area contributed by atoms with Gasteiger partial charge < -0.3 is 14.9 Å². The van der Waals surface area contributed by atoms with Crippen molar-refractivity contribution in [2.45, 2.75) is 35.5 Å². The first-order valence-electron chi connectivity index (χ1n) is 11.4. The molecule has 0 spiro atoms. The Labute approximate surface area is 193 Å². The Morgan fingerprint density at radius 3 is 2.36 bits per heavy atom. The molecule has 1 aromatic heterocycles. The summed E-state index contributed by atoms with van der Waals surface area (Å²) in [6.07, 6.45) is 4.87. The van der Waals surface area contributed by atoms with Gasteiger partial charge >= 0.3 is 5.97 Å². The van der Waals surface area contributed by atoms with Crippen LogP contribution >= 0.6 is 0 Å². The van der Waals surface area contributed by atoms with E-state index in [2.05, 4.69) is 14.8 Å². The number of carboxylic acids is 1. The second-order valence-electron chi connectivity index (χ2n) is 8.81. The smallest absolute Gasteiger partial charge is 0.306 e. The molecule has 2 aliphatic heterocycles. The van der Waals surface area contributed by atoms with Gasteiger partial charge in [0.25, 0.3) is 0 Å². The number of aromatic nitrogens is 1. The van der Waals surface area contributed by atoms with Crippen LogP contribution < -0.4 is 9.80 Å². The van der Waals surface area contributed by atoms with Crippen LogP contribution in [0.1, 0.15) is 25.7 Å². The highest BCUT2D eigenvalue weighted by molar-refractivity contribution is 7.91. The lowest BCUT2D eigenvalue weighted by atomic mass is 9.96. The maximum atomic E-state index is 13.4. The number of anilines is 2. The average molecular weight is 466 g/mol. The summed E-state index contributed by atoms with van der Waals surface area (Å²) in [5, 5.41) is 10.0. The number of aliphatic carboxylic acids is 1. The number of nitrogens with zero attached hydrogens (tertiary/aromatic N) is 3. The Morgan fingerprint density at radius 1 is 0.909 bits per heavy atom. The summed E-state index contributed by atoms with van der Waals surface area (Å²) in [6.45, 7) is 3.18. The molecule has 2 aliphatic rings. The summed E-state index contributed by atoms with van der Waals surface area (Å²) in [7, 11) is -3.71. The minimum Gasteiger partial charge on any atom is -0.481 e. The molecule has 3 heterocycles. The number of hydrogen-bond acceptors (Lipinski definition) is 6. The molecule has 0 amide bonds. The number of rotatable bonds is 5. The van der Waals surface area contributed by atoms with E-state index in [0.717, 1.165) is 48.2 Å². The van der Waals surface area contributed by atoms with Crippen LogP contribution in [0, 0.1) is 5.92 Å². The van der Waals surface area contributed by atoms with Crippen LogP contribution in [0.5, 0.6) is 0 Å². The second kappa shape index (κ2) is 8.67. The summed E-state index contributed by atoms with van der Waals surface area (Å²) < 4.78 is 26.8. The van der Waals surface area contributed by atoms with Crippen molar-refractivity contribution < 1.29 is 18.3 Å². The van der Waals surface area contributed by atoms with Crippen molar-refractivity contribution in [1.82, 2.24) is 4.98 Å². The summed E-state index contributed by atoms with van der Waals surface area (Å²) in [6, 6.07) is 14.6. The van der Waals surface area contributed by atoms with E-state index in [1.807, 2.05) is 24.3 Å². The third kappa shape index (κ3) is 4.15. The first-order valence-corrected chi connectivity index (χ1v) is 12.9. The maximum Gasteiger partial charge on any atom is 0.306 e. The Bertz CT molecular complexity index is 1290. The SMILES string of the molecule is O=C(O)C1CCN(c2cccc3cc(S(=O)(=O)c4cccc(N5CCCC5)c4)cnc23)CC1. The van der Waals surface area contributed by atoms with Gasteiger partial charge in [-0.15, -0.1) is 0 Å². The molecule has 2 saturated heterocycles. The first-order chi connectivity index (χ1) is 15.9. The average Bonchev–Trinajstić information content (AvgIpc) is 3.39. The van der Waals surface area contributed by atoms with Crippen LogP contribution in [0.15, 0.2) is 64.5 Å². The fourth-order valence-corrected chi connectivity index (χ4v) is 6.13. The van der Waals surface area contributed by atoms with E-state index < -0.39 is 15.8 Å². The third-order valence-corrected chi connectivity index (χ3v) is 8.48. The van der Waals surface area contributed by atoms with Gasteiger partial charge in [-0.25, -0.2) is 8.42 Å². The van der Waals surface area contributed by atoms with E-state index in [9.17, 15) is 18.3 Å². The number of hydrogen-bond donors (Lipinski definition) is 1.